The number of nitrogens with one attached hydrogen (secondary N) is 1. The van der Waals surface area contributed by atoms with Crippen molar-refractivity contribution >= 4 is 11.6 Å². The highest BCUT2D eigenvalue weighted by atomic mass is 19.1. The van der Waals surface area contributed by atoms with Gasteiger partial charge in [-0.3, -0.25) is 9.36 Å². The van der Waals surface area contributed by atoms with E-state index in [2.05, 4.69) is 10.4 Å². The van der Waals surface area contributed by atoms with Crippen molar-refractivity contribution < 1.29 is 18.7 Å². The van der Waals surface area contributed by atoms with Crippen LogP contribution in [0.1, 0.15) is 71.9 Å². The Labute approximate surface area is 251 Å². The Morgan fingerprint density at radius 2 is 1.72 bits per heavy atom. The molecule has 1 aliphatic rings. The lowest BCUT2D eigenvalue weighted by atomic mass is 9.86. The summed E-state index contributed by atoms with van der Waals surface area (Å²) in [6.45, 7) is 6.21. The van der Waals surface area contributed by atoms with Gasteiger partial charge in [0.1, 0.15) is 23.9 Å². The molecular weight excluding hydrogens is 547 g/mol. The van der Waals surface area contributed by atoms with Gasteiger partial charge in [-0.25, -0.2) is 9.18 Å². The van der Waals surface area contributed by atoms with Crippen molar-refractivity contribution in [3.63, 3.8) is 0 Å². The van der Waals surface area contributed by atoms with Gasteiger partial charge in [0.2, 0.25) is 0 Å². The number of rotatable bonds is 10. The number of benzene rings is 3. The van der Waals surface area contributed by atoms with Gasteiger partial charge in [-0.2, -0.15) is 4.68 Å². The smallest absolute Gasteiger partial charge is 0.350 e. The summed E-state index contributed by atoms with van der Waals surface area (Å²) in [6.07, 6.45) is 5.33. The van der Waals surface area contributed by atoms with Crippen LogP contribution >= 0.6 is 0 Å². The Kier molecular flexibility index (Phi) is 9.40. The average molecular weight is 587 g/mol. The molecule has 1 saturated carbocycles. The summed E-state index contributed by atoms with van der Waals surface area (Å²) in [7, 11) is 1.57. The molecule has 9 heteroatoms. The molecule has 0 saturated heterocycles. The van der Waals surface area contributed by atoms with Gasteiger partial charge in [0.15, 0.2) is 5.82 Å². The van der Waals surface area contributed by atoms with E-state index in [9.17, 15) is 9.59 Å². The normalized spacial score (nSPS) is 14.4. The van der Waals surface area contributed by atoms with E-state index in [1.807, 2.05) is 69.3 Å². The van der Waals surface area contributed by atoms with E-state index in [1.54, 1.807) is 7.05 Å². The van der Waals surface area contributed by atoms with Crippen LogP contribution in [0, 0.1) is 25.6 Å². The second kappa shape index (κ2) is 13.4. The largest absolute Gasteiger partial charge is 0.490 e. The monoisotopic (exact) mass is 586 g/mol. The van der Waals surface area contributed by atoms with Crippen molar-refractivity contribution in [1.29, 1.82) is 0 Å². The number of carbonyl (C=O) groups is 1. The first kappa shape index (κ1) is 30.2. The molecular formula is C34H39FN4O4. The van der Waals surface area contributed by atoms with Crippen LogP contribution in [-0.2, 0) is 25.0 Å². The molecule has 0 aliphatic heterocycles. The maximum absolute atomic E-state index is 15.8. The summed E-state index contributed by atoms with van der Waals surface area (Å²) in [6, 6.07) is 17.9. The molecule has 1 aromatic heterocycles. The first-order valence-corrected chi connectivity index (χ1v) is 14.9. The molecule has 3 aromatic carbocycles. The van der Waals surface area contributed by atoms with Crippen molar-refractivity contribution in [2.24, 2.45) is 13.0 Å². The van der Waals surface area contributed by atoms with Crippen LogP contribution in [0.25, 0.3) is 5.69 Å². The zero-order valence-electron chi connectivity index (χ0n) is 25.2. The van der Waals surface area contributed by atoms with E-state index >= 15 is 4.39 Å². The minimum atomic E-state index is -0.763. The molecule has 1 aliphatic carbocycles. The maximum Gasteiger partial charge on any atom is 0.350 e. The predicted octanol–water partition coefficient (Wildman–Crippen LogP) is 6.64. The Balaban J connectivity index is 1.47. The molecule has 226 valence electrons. The number of nitrogens with zero attached hydrogens (tertiary/aromatic N) is 3. The van der Waals surface area contributed by atoms with Crippen LogP contribution in [0.2, 0.25) is 0 Å². The van der Waals surface area contributed by atoms with E-state index in [4.69, 9.17) is 9.47 Å². The summed E-state index contributed by atoms with van der Waals surface area (Å²) in [4.78, 5) is 26.8. The third-order valence-electron chi connectivity index (χ3n) is 8.28. The van der Waals surface area contributed by atoms with Crippen LogP contribution in [0.15, 0.2) is 65.5 Å². The number of aryl methyl sites for hydroxylation is 2. The van der Waals surface area contributed by atoms with Gasteiger partial charge in [0, 0.05) is 18.8 Å². The zero-order valence-corrected chi connectivity index (χ0v) is 25.2. The van der Waals surface area contributed by atoms with Crippen LogP contribution in [-0.4, -0.2) is 26.4 Å². The lowest BCUT2D eigenvalue weighted by Gasteiger charge is -2.29. The minimum Gasteiger partial charge on any atom is -0.490 e. The molecule has 0 spiro atoms. The van der Waals surface area contributed by atoms with E-state index in [-0.39, 0.29) is 29.7 Å². The molecule has 0 radical (unpaired) electrons. The topological polar surface area (TPSA) is 87.4 Å². The van der Waals surface area contributed by atoms with Gasteiger partial charge in [0.25, 0.3) is 5.91 Å². The molecule has 1 heterocycles. The van der Waals surface area contributed by atoms with Crippen LogP contribution < -0.4 is 15.7 Å². The quantitative estimate of drug-likeness (QED) is 0.225. The van der Waals surface area contributed by atoms with Crippen molar-refractivity contribution in [1.82, 2.24) is 14.3 Å². The molecule has 1 fully saturated rings. The van der Waals surface area contributed by atoms with E-state index in [0.29, 0.717) is 24.0 Å². The number of anilines is 1. The van der Waals surface area contributed by atoms with Gasteiger partial charge in [0.05, 0.1) is 18.3 Å². The molecule has 43 heavy (non-hydrogen) atoms. The molecule has 1 unspecified atom stereocenters. The number of carbonyl (C=O) groups excluding carboxylic acids is 1. The summed E-state index contributed by atoms with van der Waals surface area (Å²) in [5.74, 6) is -0.381. The first-order valence-electron chi connectivity index (χ1n) is 14.9. The van der Waals surface area contributed by atoms with Gasteiger partial charge in [-0.15, -0.1) is 5.10 Å². The van der Waals surface area contributed by atoms with E-state index in [0.717, 1.165) is 53.1 Å². The number of hydrogen-bond acceptors (Lipinski definition) is 5. The predicted molar refractivity (Wildman–Crippen MR) is 164 cm³/mol. The number of amides is 1. The number of hydrogen-bond donors (Lipinski definition) is 1. The fourth-order valence-corrected chi connectivity index (χ4v) is 5.67. The molecule has 8 nitrogen and oxygen atoms in total. The minimum absolute atomic E-state index is 0.0574. The number of aromatic nitrogens is 3. The van der Waals surface area contributed by atoms with Crippen LogP contribution in [0.3, 0.4) is 0 Å². The Morgan fingerprint density at radius 1 is 1.02 bits per heavy atom. The summed E-state index contributed by atoms with van der Waals surface area (Å²) in [5, 5.41) is 7.34. The molecule has 1 N–H and O–H groups in total. The second-order valence-electron chi connectivity index (χ2n) is 11.4. The van der Waals surface area contributed by atoms with Gasteiger partial charge < -0.3 is 14.8 Å². The van der Waals surface area contributed by atoms with Crippen LogP contribution in [0.4, 0.5) is 10.1 Å². The van der Waals surface area contributed by atoms with E-state index in [1.165, 1.54) is 17.1 Å². The maximum atomic E-state index is 15.8. The summed E-state index contributed by atoms with van der Waals surface area (Å²) in [5.41, 5.74) is 2.88. The van der Waals surface area contributed by atoms with Gasteiger partial charge in [-0.05, 0) is 62.3 Å². The highest BCUT2D eigenvalue weighted by Gasteiger charge is 2.26. The highest BCUT2D eigenvalue weighted by molar-refractivity contribution is 6.07. The van der Waals surface area contributed by atoms with Gasteiger partial charge in [-0.1, -0.05) is 67.8 Å². The zero-order chi connectivity index (χ0) is 30.5. The van der Waals surface area contributed by atoms with Crippen molar-refractivity contribution in [3.8, 4) is 11.4 Å². The Hall–Kier alpha value is -4.24. The highest BCUT2D eigenvalue weighted by Crippen LogP contribution is 2.33. The average Bonchev–Trinajstić information content (AvgIpc) is 3.29. The molecule has 4 aromatic rings. The summed E-state index contributed by atoms with van der Waals surface area (Å²) >= 11 is 0. The number of ether oxygens (including phenoxy) is 2. The Bertz CT molecular complexity index is 1620. The number of halogens is 1. The van der Waals surface area contributed by atoms with E-state index < -0.39 is 17.4 Å². The third kappa shape index (κ3) is 6.88. The summed E-state index contributed by atoms with van der Waals surface area (Å²) < 4.78 is 30.3. The fourth-order valence-electron chi connectivity index (χ4n) is 5.67. The van der Waals surface area contributed by atoms with Crippen molar-refractivity contribution in [2.75, 3.05) is 5.32 Å². The molecule has 1 atom stereocenters. The number of para-hydroxylation sites is 1. The second-order valence-corrected chi connectivity index (χ2v) is 11.4. The molecule has 5 rings (SSSR count). The molecule has 1 amide bonds. The van der Waals surface area contributed by atoms with Crippen molar-refractivity contribution in [3.05, 3.63) is 105 Å². The Morgan fingerprint density at radius 3 is 2.42 bits per heavy atom. The third-order valence-corrected chi connectivity index (χ3v) is 8.28. The van der Waals surface area contributed by atoms with Gasteiger partial charge >= 0.3 is 5.69 Å². The SMILES string of the molecule is Cc1cccc(C)c1NC(=O)c1cc(F)c(-n2nc(COCc3ccccc3)n(C)c2=O)cc1OC(C)C1CCCCC1. The standard InChI is InChI=1S/C34H39FN4O4/c1-22-12-11-13-23(2)32(22)36-33(40)27-18-28(35)29(19-30(27)43-24(3)26-16-9-6-10-17-26)39-34(41)38(4)31(37-39)21-42-20-25-14-7-5-8-15-25/h5,7-8,11-15,18-19,24,26H,6,9-10,16-17,20-21H2,1-4H3,(H,36,40). The van der Waals surface area contributed by atoms with Crippen LogP contribution in [0.5, 0.6) is 5.75 Å². The fraction of sp³-hybridized carbons (Fsp3) is 0.382. The first-order chi connectivity index (χ1) is 20.7. The lowest BCUT2D eigenvalue weighted by Crippen LogP contribution is -2.28. The molecule has 0 bridgehead atoms. The lowest BCUT2D eigenvalue weighted by molar-refractivity contribution is 0.0995. The van der Waals surface area contributed by atoms with Crippen molar-refractivity contribution in [2.45, 2.75) is 72.2 Å².